The number of aromatic nitrogens is 3. The average Bonchev–Trinajstić information content (AvgIpc) is 2.76. The minimum absolute atomic E-state index is 0.730. The Morgan fingerprint density at radius 3 is 2.65 bits per heavy atom. The first-order valence-electron chi connectivity index (χ1n) is 6.75. The van der Waals surface area contributed by atoms with Crippen LogP contribution in [-0.2, 0) is 6.54 Å². The van der Waals surface area contributed by atoms with E-state index in [1.165, 1.54) is 0 Å². The molecule has 3 aromatic rings. The molecule has 20 heavy (non-hydrogen) atoms. The van der Waals surface area contributed by atoms with Gasteiger partial charge in [-0.25, -0.2) is 4.98 Å². The number of hydrogen-bond acceptors (Lipinski definition) is 3. The molecule has 2 heterocycles. The smallest absolute Gasteiger partial charge is 0.131 e. The zero-order chi connectivity index (χ0) is 14.1. The highest BCUT2D eigenvalue weighted by Crippen LogP contribution is 2.21. The second kappa shape index (κ2) is 4.96. The molecule has 0 bridgehead atoms. The lowest BCUT2D eigenvalue weighted by Gasteiger charge is -2.11. The summed E-state index contributed by atoms with van der Waals surface area (Å²) >= 11 is 0. The van der Waals surface area contributed by atoms with E-state index in [0.717, 1.165) is 40.2 Å². The van der Waals surface area contributed by atoms with Gasteiger partial charge in [-0.15, -0.1) is 0 Å². The van der Waals surface area contributed by atoms with Crippen LogP contribution in [-0.4, -0.2) is 21.8 Å². The van der Waals surface area contributed by atoms with E-state index >= 15 is 0 Å². The van der Waals surface area contributed by atoms with E-state index < -0.39 is 0 Å². The lowest BCUT2D eigenvalue weighted by Crippen LogP contribution is -2.08. The van der Waals surface area contributed by atoms with Gasteiger partial charge in [-0.3, -0.25) is 4.68 Å². The summed E-state index contributed by atoms with van der Waals surface area (Å²) in [6.07, 6.45) is 0. The first-order valence-corrected chi connectivity index (χ1v) is 6.75. The van der Waals surface area contributed by atoms with Crippen LogP contribution >= 0.6 is 0 Å². The molecule has 0 aliphatic heterocycles. The quantitative estimate of drug-likeness (QED) is 0.792. The summed E-state index contributed by atoms with van der Waals surface area (Å²) in [7, 11) is 1.90. The van der Waals surface area contributed by atoms with Crippen LogP contribution in [0.3, 0.4) is 0 Å². The molecule has 4 heteroatoms. The van der Waals surface area contributed by atoms with Gasteiger partial charge < -0.3 is 5.32 Å². The van der Waals surface area contributed by atoms with Crippen molar-refractivity contribution in [3.05, 3.63) is 53.3 Å². The van der Waals surface area contributed by atoms with Crippen molar-refractivity contribution in [3.8, 4) is 0 Å². The molecule has 102 valence electrons. The number of nitrogens with one attached hydrogen (secondary N) is 1. The fourth-order valence-electron chi connectivity index (χ4n) is 2.49. The van der Waals surface area contributed by atoms with Gasteiger partial charge in [-0.1, -0.05) is 18.2 Å². The van der Waals surface area contributed by atoms with Gasteiger partial charge in [0.05, 0.1) is 17.8 Å². The first-order chi connectivity index (χ1) is 9.67. The Balaban J connectivity index is 2.07. The number of rotatable bonds is 3. The van der Waals surface area contributed by atoms with Gasteiger partial charge in [-0.2, -0.15) is 5.10 Å². The zero-order valence-electron chi connectivity index (χ0n) is 12.0. The molecule has 0 radical (unpaired) electrons. The largest absolute Gasteiger partial charge is 0.373 e. The molecule has 0 aliphatic carbocycles. The lowest BCUT2D eigenvalue weighted by atomic mass is 10.1. The van der Waals surface area contributed by atoms with E-state index in [1.807, 2.05) is 36.9 Å². The molecule has 4 nitrogen and oxygen atoms in total. The topological polar surface area (TPSA) is 42.7 Å². The van der Waals surface area contributed by atoms with E-state index in [2.05, 4.69) is 40.5 Å². The second-order valence-corrected chi connectivity index (χ2v) is 5.02. The molecule has 0 unspecified atom stereocenters. The van der Waals surface area contributed by atoms with Crippen LogP contribution in [0.2, 0.25) is 0 Å². The third-order valence-electron chi connectivity index (χ3n) is 3.46. The van der Waals surface area contributed by atoms with Crippen molar-refractivity contribution in [2.45, 2.75) is 20.4 Å². The Morgan fingerprint density at radius 1 is 1.15 bits per heavy atom. The van der Waals surface area contributed by atoms with Gasteiger partial charge in [0.1, 0.15) is 5.82 Å². The summed E-state index contributed by atoms with van der Waals surface area (Å²) in [5.74, 6) is 0.913. The van der Waals surface area contributed by atoms with Crippen LogP contribution in [0.5, 0.6) is 0 Å². The number of aryl methyl sites for hydroxylation is 2. The normalized spacial score (nSPS) is 10.9. The minimum Gasteiger partial charge on any atom is -0.373 e. The van der Waals surface area contributed by atoms with Gasteiger partial charge in [0.15, 0.2) is 0 Å². The van der Waals surface area contributed by atoms with Crippen molar-refractivity contribution in [1.82, 2.24) is 14.8 Å². The second-order valence-electron chi connectivity index (χ2n) is 5.02. The summed E-state index contributed by atoms with van der Waals surface area (Å²) in [5, 5.41) is 8.86. The van der Waals surface area contributed by atoms with Gasteiger partial charge in [0, 0.05) is 23.7 Å². The van der Waals surface area contributed by atoms with Crippen LogP contribution in [0.15, 0.2) is 36.4 Å². The standard InChI is InChI=1S/C16H18N4/c1-11-8-12(2)20(19-11)10-14-9-13-6-4-5-7-15(13)18-16(14)17-3/h4-9H,10H2,1-3H3,(H,17,18). The summed E-state index contributed by atoms with van der Waals surface area (Å²) in [6, 6.07) is 12.4. The monoisotopic (exact) mass is 266 g/mol. The first kappa shape index (κ1) is 12.7. The molecular weight excluding hydrogens is 248 g/mol. The van der Waals surface area contributed by atoms with Gasteiger partial charge in [0.2, 0.25) is 0 Å². The average molecular weight is 266 g/mol. The molecule has 0 spiro atoms. The molecule has 0 fully saturated rings. The predicted molar refractivity (Wildman–Crippen MR) is 82.1 cm³/mol. The van der Waals surface area contributed by atoms with Crippen LogP contribution < -0.4 is 5.32 Å². The number of hydrogen-bond donors (Lipinski definition) is 1. The fraction of sp³-hybridized carbons (Fsp3) is 0.250. The van der Waals surface area contributed by atoms with Crippen molar-refractivity contribution in [2.24, 2.45) is 0 Å². The summed E-state index contributed by atoms with van der Waals surface area (Å²) in [4.78, 5) is 4.67. The highest BCUT2D eigenvalue weighted by molar-refractivity contribution is 5.81. The summed E-state index contributed by atoms with van der Waals surface area (Å²) in [6.45, 7) is 4.82. The molecule has 1 aromatic carbocycles. The maximum absolute atomic E-state index is 4.67. The van der Waals surface area contributed by atoms with Crippen LogP contribution in [0.25, 0.3) is 10.9 Å². The van der Waals surface area contributed by atoms with Gasteiger partial charge in [0.25, 0.3) is 0 Å². The Bertz CT molecular complexity index is 758. The molecule has 0 aliphatic rings. The number of fused-ring (bicyclic) bond motifs is 1. The Hall–Kier alpha value is -2.36. The van der Waals surface area contributed by atoms with Crippen LogP contribution in [0.4, 0.5) is 5.82 Å². The number of benzene rings is 1. The van der Waals surface area contributed by atoms with Crippen molar-refractivity contribution in [2.75, 3.05) is 12.4 Å². The Morgan fingerprint density at radius 2 is 1.95 bits per heavy atom. The van der Waals surface area contributed by atoms with Crippen molar-refractivity contribution < 1.29 is 0 Å². The van der Waals surface area contributed by atoms with E-state index in [1.54, 1.807) is 0 Å². The number of pyridine rings is 1. The lowest BCUT2D eigenvalue weighted by molar-refractivity contribution is 0.659. The molecule has 1 N–H and O–H groups in total. The Kier molecular flexibility index (Phi) is 3.14. The van der Waals surface area contributed by atoms with E-state index in [-0.39, 0.29) is 0 Å². The van der Waals surface area contributed by atoms with Crippen molar-refractivity contribution >= 4 is 16.7 Å². The van der Waals surface area contributed by atoms with Crippen LogP contribution in [0.1, 0.15) is 17.0 Å². The summed E-state index contributed by atoms with van der Waals surface area (Å²) < 4.78 is 2.02. The maximum Gasteiger partial charge on any atom is 0.131 e. The maximum atomic E-state index is 4.67. The minimum atomic E-state index is 0.730. The van der Waals surface area contributed by atoms with Gasteiger partial charge >= 0.3 is 0 Å². The van der Waals surface area contributed by atoms with Crippen LogP contribution in [0, 0.1) is 13.8 Å². The molecular formula is C16H18N4. The van der Waals surface area contributed by atoms with Gasteiger partial charge in [-0.05, 0) is 32.0 Å². The third-order valence-corrected chi connectivity index (χ3v) is 3.46. The SMILES string of the molecule is CNc1nc2ccccc2cc1Cn1nc(C)cc1C. The molecule has 0 saturated carbocycles. The molecule has 3 rings (SSSR count). The molecule has 0 saturated heterocycles. The van der Waals surface area contributed by atoms with Crippen molar-refractivity contribution in [1.29, 1.82) is 0 Å². The zero-order valence-corrected chi connectivity index (χ0v) is 12.0. The van der Waals surface area contributed by atoms with Crippen molar-refractivity contribution in [3.63, 3.8) is 0 Å². The summed E-state index contributed by atoms with van der Waals surface area (Å²) in [5.41, 5.74) is 4.37. The highest BCUT2D eigenvalue weighted by atomic mass is 15.3. The third kappa shape index (κ3) is 2.25. The highest BCUT2D eigenvalue weighted by Gasteiger charge is 2.08. The van der Waals surface area contributed by atoms with E-state index in [9.17, 15) is 0 Å². The van der Waals surface area contributed by atoms with E-state index in [4.69, 9.17) is 0 Å². The number of para-hydroxylation sites is 1. The molecule has 2 aromatic heterocycles. The number of nitrogens with zero attached hydrogens (tertiary/aromatic N) is 3. The fourth-order valence-corrected chi connectivity index (χ4v) is 2.49. The molecule has 0 amide bonds. The number of anilines is 1. The molecule has 0 atom stereocenters. The predicted octanol–water partition coefficient (Wildman–Crippen LogP) is 3.14. The Labute approximate surface area is 118 Å². The van der Waals surface area contributed by atoms with E-state index in [0.29, 0.717) is 0 Å².